The SMILES string of the molecule is CCOC(=O)c1cn([C@@H](CO)C(C)C)c(-c2cc(C)c(OCc3ccccc3)cc2OCc2ccccc2)cc1=O. The van der Waals surface area contributed by atoms with Crippen LogP contribution in [0.4, 0.5) is 0 Å². The molecule has 214 valence electrons. The van der Waals surface area contributed by atoms with Crippen LogP contribution >= 0.6 is 0 Å². The molecule has 0 amide bonds. The molecule has 0 aliphatic heterocycles. The molecule has 0 saturated heterocycles. The third-order valence-corrected chi connectivity index (χ3v) is 6.92. The number of rotatable bonds is 12. The fourth-order valence-electron chi connectivity index (χ4n) is 4.64. The van der Waals surface area contributed by atoms with E-state index in [2.05, 4.69) is 0 Å². The van der Waals surface area contributed by atoms with Gasteiger partial charge in [-0.15, -0.1) is 0 Å². The average Bonchev–Trinajstić information content (AvgIpc) is 2.97. The van der Waals surface area contributed by atoms with Gasteiger partial charge < -0.3 is 23.9 Å². The van der Waals surface area contributed by atoms with Gasteiger partial charge in [0, 0.05) is 23.9 Å². The van der Waals surface area contributed by atoms with Crippen molar-refractivity contribution >= 4 is 5.97 Å². The third kappa shape index (κ3) is 7.24. The number of hydrogen-bond acceptors (Lipinski definition) is 6. The number of esters is 1. The first-order valence-corrected chi connectivity index (χ1v) is 13.8. The minimum Gasteiger partial charge on any atom is -0.488 e. The van der Waals surface area contributed by atoms with Crippen LogP contribution in [0.25, 0.3) is 11.3 Å². The van der Waals surface area contributed by atoms with Crippen molar-refractivity contribution in [1.82, 2.24) is 4.57 Å². The summed E-state index contributed by atoms with van der Waals surface area (Å²) in [4.78, 5) is 25.8. The van der Waals surface area contributed by atoms with Crippen LogP contribution in [0, 0.1) is 12.8 Å². The predicted octanol–water partition coefficient (Wildman–Crippen LogP) is 6.35. The van der Waals surface area contributed by atoms with Crippen LogP contribution in [0.1, 0.15) is 53.9 Å². The maximum Gasteiger partial charge on any atom is 0.343 e. The lowest BCUT2D eigenvalue weighted by Crippen LogP contribution is -2.26. The number of carbonyl (C=O) groups is 1. The summed E-state index contributed by atoms with van der Waals surface area (Å²) in [6.45, 7) is 8.23. The van der Waals surface area contributed by atoms with Crippen LogP contribution in [0.5, 0.6) is 11.5 Å². The second-order valence-electron chi connectivity index (χ2n) is 10.2. The number of hydrogen-bond donors (Lipinski definition) is 1. The molecule has 1 atom stereocenters. The second-order valence-corrected chi connectivity index (χ2v) is 10.2. The topological polar surface area (TPSA) is 87.0 Å². The van der Waals surface area contributed by atoms with Gasteiger partial charge in [0.2, 0.25) is 0 Å². The van der Waals surface area contributed by atoms with E-state index < -0.39 is 17.4 Å². The van der Waals surface area contributed by atoms with E-state index in [1.165, 1.54) is 12.3 Å². The maximum atomic E-state index is 13.2. The van der Waals surface area contributed by atoms with Gasteiger partial charge in [0.05, 0.1) is 24.9 Å². The lowest BCUT2D eigenvalue weighted by Gasteiger charge is -2.27. The molecule has 0 fully saturated rings. The van der Waals surface area contributed by atoms with E-state index >= 15 is 0 Å². The van der Waals surface area contributed by atoms with Crippen molar-refractivity contribution in [2.45, 2.75) is 47.0 Å². The van der Waals surface area contributed by atoms with Gasteiger partial charge in [0.25, 0.3) is 0 Å². The lowest BCUT2D eigenvalue weighted by molar-refractivity contribution is 0.0523. The van der Waals surface area contributed by atoms with Crippen LogP contribution < -0.4 is 14.9 Å². The van der Waals surface area contributed by atoms with Crippen molar-refractivity contribution in [1.29, 1.82) is 0 Å². The van der Waals surface area contributed by atoms with E-state index in [-0.39, 0.29) is 24.7 Å². The highest BCUT2D eigenvalue weighted by Crippen LogP contribution is 2.38. The number of aryl methyl sites for hydroxylation is 1. The minimum absolute atomic E-state index is 0.000407. The van der Waals surface area contributed by atoms with Crippen LogP contribution in [0.15, 0.2) is 89.9 Å². The van der Waals surface area contributed by atoms with Gasteiger partial charge >= 0.3 is 5.97 Å². The molecule has 0 unspecified atom stereocenters. The van der Waals surface area contributed by atoms with Gasteiger partial charge in [-0.1, -0.05) is 74.5 Å². The standard InChI is InChI=1S/C34H37NO6/c1-5-39-34(38)28-19-35(30(20-36)23(2)3)29(17-31(28)37)27-16-24(4)32(40-21-25-12-8-6-9-13-25)18-33(27)41-22-26-14-10-7-11-15-26/h6-19,23,30,36H,5,20-22H2,1-4H3/t30-/m0/s1. The molecule has 41 heavy (non-hydrogen) atoms. The summed E-state index contributed by atoms with van der Waals surface area (Å²) in [5.74, 6) is 0.472. The Bertz CT molecular complexity index is 1510. The Labute approximate surface area is 241 Å². The zero-order chi connectivity index (χ0) is 29.4. The molecular formula is C34H37NO6. The first kappa shape index (κ1) is 29.6. The Morgan fingerprint density at radius 2 is 1.46 bits per heavy atom. The molecule has 3 aromatic carbocycles. The number of aliphatic hydroxyl groups is 1. The summed E-state index contributed by atoms with van der Waals surface area (Å²) in [5.41, 5.74) is 3.49. The molecule has 7 heteroatoms. The summed E-state index contributed by atoms with van der Waals surface area (Å²) in [6.07, 6.45) is 1.49. The highest BCUT2D eigenvalue weighted by molar-refractivity contribution is 5.89. The number of nitrogens with zero attached hydrogens (tertiary/aromatic N) is 1. The molecule has 7 nitrogen and oxygen atoms in total. The van der Waals surface area contributed by atoms with E-state index in [1.54, 1.807) is 11.5 Å². The van der Waals surface area contributed by atoms with Crippen LogP contribution in [0.2, 0.25) is 0 Å². The molecule has 1 aromatic heterocycles. The Kier molecular flexibility index (Phi) is 9.98. The van der Waals surface area contributed by atoms with E-state index in [1.807, 2.05) is 93.6 Å². The van der Waals surface area contributed by atoms with Crippen molar-refractivity contribution in [3.05, 3.63) is 118 Å². The summed E-state index contributed by atoms with van der Waals surface area (Å²) in [6, 6.07) is 24.5. The Morgan fingerprint density at radius 1 is 0.878 bits per heavy atom. The maximum absolute atomic E-state index is 13.2. The van der Waals surface area contributed by atoms with E-state index in [0.29, 0.717) is 36.0 Å². The fourth-order valence-corrected chi connectivity index (χ4v) is 4.64. The zero-order valence-electron chi connectivity index (χ0n) is 24.0. The highest BCUT2D eigenvalue weighted by Gasteiger charge is 2.24. The van der Waals surface area contributed by atoms with Crippen LogP contribution in [-0.2, 0) is 18.0 Å². The minimum atomic E-state index is -0.695. The summed E-state index contributed by atoms with van der Waals surface area (Å²) in [7, 11) is 0. The van der Waals surface area contributed by atoms with Gasteiger partial charge in [0.15, 0.2) is 5.43 Å². The molecule has 0 saturated carbocycles. The van der Waals surface area contributed by atoms with E-state index in [0.717, 1.165) is 16.7 Å². The second kappa shape index (κ2) is 13.8. The van der Waals surface area contributed by atoms with Gasteiger partial charge in [-0.25, -0.2) is 4.79 Å². The molecule has 0 radical (unpaired) electrons. The summed E-state index contributed by atoms with van der Waals surface area (Å²) in [5, 5.41) is 10.4. The van der Waals surface area contributed by atoms with Crippen molar-refractivity contribution in [3.63, 3.8) is 0 Å². The van der Waals surface area contributed by atoms with Gasteiger partial charge in [-0.2, -0.15) is 0 Å². The van der Waals surface area contributed by atoms with Crippen LogP contribution in [0.3, 0.4) is 0 Å². The van der Waals surface area contributed by atoms with Crippen molar-refractivity contribution < 1.29 is 24.1 Å². The van der Waals surface area contributed by atoms with E-state index in [9.17, 15) is 14.7 Å². The molecule has 1 heterocycles. The third-order valence-electron chi connectivity index (χ3n) is 6.92. The number of aliphatic hydroxyl groups excluding tert-OH is 1. The molecular weight excluding hydrogens is 518 g/mol. The van der Waals surface area contributed by atoms with Crippen molar-refractivity contribution in [2.24, 2.45) is 5.92 Å². The van der Waals surface area contributed by atoms with Gasteiger partial charge in [-0.05, 0) is 42.5 Å². The van der Waals surface area contributed by atoms with Gasteiger partial charge in [-0.3, -0.25) is 4.79 Å². The van der Waals surface area contributed by atoms with Crippen molar-refractivity contribution in [2.75, 3.05) is 13.2 Å². The first-order valence-electron chi connectivity index (χ1n) is 13.8. The molecule has 4 rings (SSSR count). The molecule has 0 aliphatic carbocycles. The highest BCUT2D eigenvalue weighted by atomic mass is 16.5. The Balaban J connectivity index is 1.85. The smallest absolute Gasteiger partial charge is 0.343 e. The van der Waals surface area contributed by atoms with E-state index in [4.69, 9.17) is 14.2 Å². The molecule has 4 aromatic rings. The largest absolute Gasteiger partial charge is 0.488 e. The summed E-state index contributed by atoms with van der Waals surface area (Å²) < 4.78 is 19.5. The number of carbonyl (C=O) groups excluding carboxylic acids is 1. The zero-order valence-corrected chi connectivity index (χ0v) is 24.0. The van der Waals surface area contributed by atoms with Crippen molar-refractivity contribution in [3.8, 4) is 22.8 Å². The monoisotopic (exact) mass is 555 g/mol. The number of aromatic nitrogens is 1. The fraction of sp³-hybridized carbons (Fsp3) is 0.294. The predicted molar refractivity (Wildman–Crippen MR) is 159 cm³/mol. The Hall–Kier alpha value is -4.36. The molecule has 0 aliphatic rings. The molecule has 0 spiro atoms. The lowest BCUT2D eigenvalue weighted by atomic mass is 10.00. The summed E-state index contributed by atoms with van der Waals surface area (Å²) >= 11 is 0. The number of benzene rings is 3. The number of pyridine rings is 1. The average molecular weight is 556 g/mol. The first-order chi connectivity index (χ1) is 19.8. The van der Waals surface area contributed by atoms with Gasteiger partial charge in [0.1, 0.15) is 30.3 Å². The van der Waals surface area contributed by atoms with Crippen LogP contribution in [-0.4, -0.2) is 28.9 Å². The number of ether oxygens (including phenoxy) is 3. The quantitative estimate of drug-likeness (QED) is 0.205. The Morgan fingerprint density at radius 3 is 2.00 bits per heavy atom. The normalized spacial score (nSPS) is 11.8. The molecule has 1 N–H and O–H groups in total. The molecule has 0 bridgehead atoms.